The summed E-state index contributed by atoms with van der Waals surface area (Å²) in [6.45, 7) is 3.72. The molecule has 160 valence electrons. The molecule has 4 rings (SSSR count). The van der Waals surface area contributed by atoms with Gasteiger partial charge in [-0.25, -0.2) is 9.37 Å². The van der Waals surface area contributed by atoms with E-state index in [-0.39, 0.29) is 11.7 Å². The van der Waals surface area contributed by atoms with E-state index in [1.165, 1.54) is 12.1 Å². The highest BCUT2D eigenvalue weighted by Gasteiger charge is 2.16. The second kappa shape index (κ2) is 9.17. The van der Waals surface area contributed by atoms with Gasteiger partial charge in [0.1, 0.15) is 11.6 Å². The fourth-order valence-corrected chi connectivity index (χ4v) is 3.36. The summed E-state index contributed by atoms with van der Waals surface area (Å²) in [5, 5.41) is 21.3. The maximum Gasteiger partial charge on any atom is 0.231 e. The highest BCUT2D eigenvalue weighted by atomic mass is 19.1. The second-order valence-electron chi connectivity index (χ2n) is 7.39. The van der Waals surface area contributed by atoms with E-state index in [1.807, 2.05) is 13.8 Å². The Morgan fingerprint density at radius 2 is 1.52 bits per heavy atom. The van der Waals surface area contributed by atoms with E-state index in [9.17, 15) is 9.65 Å². The molecule has 1 heterocycles. The number of ether oxygens (including phenoxy) is 1. The van der Waals surface area contributed by atoms with Gasteiger partial charge in [-0.1, -0.05) is 12.1 Å². The van der Waals surface area contributed by atoms with Gasteiger partial charge in [0.05, 0.1) is 28.8 Å². The molecule has 0 spiro atoms. The maximum absolute atomic E-state index is 13.5. The standard InChI is InChI=1S/C26H18FN5O/c1-16-11-19(14-29)12-17(2)24(16)33-25-23(20-5-7-21(27)8-6-20)15-30-26(32-25)31-22-9-3-18(13-28)4-10-22/h3-12,15H,1-2H3,(H,30,31,32). The van der Waals surface area contributed by atoms with Crippen molar-refractivity contribution in [3.05, 3.63) is 94.9 Å². The van der Waals surface area contributed by atoms with Gasteiger partial charge in [-0.3, -0.25) is 0 Å². The molecule has 0 aliphatic heterocycles. The molecule has 0 fully saturated rings. The molecule has 0 amide bonds. The van der Waals surface area contributed by atoms with Gasteiger partial charge in [0.2, 0.25) is 11.8 Å². The van der Waals surface area contributed by atoms with Crippen molar-refractivity contribution in [2.75, 3.05) is 5.32 Å². The van der Waals surface area contributed by atoms with E-state index < -0.39 is 0 Å². The summed E-state index contributed by atoms with van der Waals surface area (Å²) in [5.41, 5.74) is 4.66. The first-order valence-electron chi connectivity index (χ1n) is 10.1. The van der Waals surface area contributed by atoms with Crippen molar-refractivity contribution in [3.63, 3.8) is 0 Å². The van der Waals surface area contributed by atoms with E-state index in [0.717, 1.165) is 11.1 Å². The smallest absolute Gasteiger partial charge is 0.231 e. The van der Waals surface area contributed by atoms with Gasteiger partial charge in [0, 0.05) is 11.9 Å². The van der Waals surface area contributed by atoms with Crippen molar-refractivity contribution in [1.82, 2.24) is 9.97 Å². The number of hydrogen-bond donors (Lipinski definition) is 1. The van der Waals surface area contributed by atoms with Crippen LogP contribution in [0.4, 0.5) is 16.0 Å². The SMILES string of the molecule is Cc1cc(C#N)cc(C)c1Oc1nc(Nc2ccc(C#N)cc2)ncc1-c1ccc(F)cc1. The van der Waals surface area contributed by atoms with Crippen LogP contribution in [-0.2, 0) is 0 Å². The summed E-state index contributed by atoms with van der Waals surface area (Å²) in [5.74, 6) is 0.814. The van der Waals surface area contributed by atoms with Crippen LogP contribution in [0.25, 0.3) is 11.1 Å². The number of nitrogens with one attached hydrogen (secondary N) is 1. The van der Waals surface area contributed by atoms with Crippen molar-refractivity contribution in [1.29, 1.82) is 10.5 Å². The van der Waals surface area contributed by atoms with Crippen molar-refractivity contribution in [3.8, 4) is 34.9 Å². The number of rotatable bonds is 5. The van der Waals surface area contributed by atoms with Gasteiger partial charge in [0.25, 0.3) is 0 Å². The minimum absolute atomic E-state index is 0.281. The molecule has 0 unspecified atom stereocenters. The van der Waals surface area contributed by atoms with Gasteiger partial charge in [-0.05, 0) is 79.1 Å². The predicted molar refractivity (Wildman–Crippen MR) is 123 cm³/mol. The highest BCUT2D eigenvalue weighted by Crippen LogP contribution is 2.35. The molecule has 4 aromatic rings. The largest absolute Gasteiger partial charge is 0.438 e. The summed E-state index contributed by atoms with van der Waals surface area (Å²) >= 11 is 0. The second-order valence-corrected chi connectivity index (χ2v) is 7.39. The molecule has 1 aromatic heterocycles. The third-order valence-electron chi connectivity index (χ3n) is 4.97. The fraction of sp³-hybridized carbons (Fsp3) is 0.0769. The molecule has 7 heteroatoms. The Morgan fingerprint density at radius 1 is 0.879 bits per heavy atom. The Hall–Kier alpha value is -4.75. The zero-order valence-corrected chi connectivity index (χ0v) is 17.9. The number of nitrogens with zero attached hydrogens (tertiary/aromatic N) is 4. The quantitative estimate of drug-likeness (QED) is 0.402. The lowest BCUT2D eigenvalue weighted by molar-refractivity contribution is 0.457. The molecule has 0 atom stereocenters. The van der Waals surface area contributed by atoms with Crippen LogP contribution in [0.15, 0.2) is 66.9 Å². The van der Waals surface area contributed by atoms with Crippen LogP contribution < -0.4 is 10.1 Å². The molecule has 33 heavy (non-hydrogen) atoms. The van der Waals surface area contributed by atoms with Crippen LogP contribution in [0, 0.1) is 42.3 Å². The lowest BCUT2D eigenvalue weighted by atomic mass is 10.1. The van der Waals surface area contributed by atoms with Crippen LogP contribution in [0.3, 0.4) is 0 Å². The summed E-state index contributed by atoms with van der Waals surface area (Å²) in [6.07, 6.45) is 1.61. The summed E-state index contributed by atoms with van der Waals surface area (Å²) in [4.78, 5) is 8.95. The molecule has 6 nitrogen and oxygen atoms in total. The van der Waals surface area contributed by atoms with Gasteiger partial charge >= 0.3 is 0 Å². The highest BCUT2D eigenvalue weighted by molar-refractivity contribution is 5.70. The molecule has 0 bridgehead atoms. The Labute approximate surface area is 190 Å². The molecular formula is C26H18FN5O. The molecule has 0 aliphatic rings. The van der Waals surface area contributed by atoms with Crippen LogP contribution in [0.5, 0.6) is 11.6 Å². The van der Waals surface area contributed by atoms with Gasteiger partial charge in [-0.2, -0.15) is 15.5 Å². The lowest BCUT2D eigenvalue weighted by Crippen LogP contribution is -2.02. The van der Waals surface area contributed by atoms with Crippen LogP contribution in [0.2, 0.25) is 0 Å². The Kier molecular flexibility index (Phi) is 5.97. The number of aryl methyl sites for hydroxylation is 2. The number of benzene rings is 3. The molecule has 0 aliphatic carbocycles. The normalized spacial score (nSPS) is 10.2. The summed E-state index contributed by atoms with van der Waals surface area (Å²) in [6, 6.07) is 20.6. The Balaban J connectivity index is 1.76. The Morgan fingerprint density at radius 3 is 2.12 bits per heavy atom. The Bertz CT molecular complexity index is 1380. The van der Waals surface area contributed by atoms with Crippen molar-refractivity contribution < 1.29 is 9.13 Å². The summed E-state index contributed by atoms with van der Waals surface area (Å²) < 4.78 is 19.7. The first-order valence-corrected chi connectivity index (χ1v) is 10.1. The molecule has 0 saturated carbocycles. The monoisotopic (exact) mass is 435 g/mol. The number of anilines is 2. The minimum Gasteiger partial charge on any atom is -0.438 e. The lowest BCUT2D eigenvalue weighted by Gasteiger charge is -2.15. The van der Waals surface area contributed by atoms with E-state index >= 15 is 0 Å². The van der Waals surface area contributed by atoms with Crippen molar-refractivity contribution in [2.24, 2.45) is 0 Å². The van der Waals surface area contributed by atoms with Gasteiger partial charge < -0.3 is 10.1 Å². The average molecular weight is 435 g/mol. The van der Waals surface area contributed by atoms with E-state index in [0.29, 0.717) is 39.6 Å². The van der Waals surface area contributed by atoms with E-state index in [4.69, 9.17) is 10.00 Å². The molecule has 0 saturated heterocycles. The van der Waals surface area contributed by atoms with Crippen LogP contribution in [-0.4, -0.2) is 9.97 Å². The number of nitriles is 2. The third kappa shape index (κ3) is 4.79. The van der Waals surface area contributed by atoms with Crippen molar-refractivity contribution in [2.45, 2.75) is 13.8 Å². The number of aromatic nitrogens is 2. The molecule has 0 radical (unpaired) electrons. The van der Waals surface area contributed by atoms with Gasteiger partial charge in [-0.15, -0.1) is 0 Å². The minimum atomic E-state index is -0.347. The van der Waals surface area contributed by atoms with Gasteiger partial charge in [0.15, 0.2) is 0 Å². The topological polar surface area (TPSA) is 94.6 Å². The van der Waals surface area contributed by atoms with E-state index in [2.05, 4.69) is 27.4 Å². The molecule has 3 aromatic carbocycles. The maximum atomic E-state index is 13.5. The van der Waals surface area contributed by atoms with Crippen molar-refractivity contribution >= 4 is 11.6 Å². The first-order chi connectivity index (χ1) is 16.0. The number of halogens is 1. The van der Waals surface area contributed by atoms with Crippen LogP contribution in [0.1, 0.15) is 22.3 Å². The zero-order valence-electron chi connectivity index (χ0n) is 17.9. The average Bonchev–Trinajstić information content (AvgIpc) is 2.82. The first kappa shape index (κ1) is 21.5. The zero-order chi connectivity index (χ0) is 23.4. The number of hydrogen-bond acceptors (Lipinski definition) is 6. The predicted octanol–water partition coefficient (Wildman–Crippen LogP) is 6.18. The third-order valence-corrected chi connectivity index (χ3v) is 4.97. The van der Waals surface area contributed by atoms with Crippen LogP contribution >= 0.6 is 0 Å². The summed E-state index contributed by atoms with van der Waals surface area (Å²) in [7, 11) is 0. The van der Waals surface area contributed by atoms with E-state index in [1.54, 1.807) is 54.7 Å². The molecule has 1 N–H and O–H groups in total. The molecular weight excluding hydrogens is 417 g/mol. The fourth-order valence-electron chi connectivity index (χ4n) is 3.36.